The zero-order valence-corrected chi connectivity index (χ0v) is 21.1. The number of esters is 2. The zero-order valence-electron chi connectivity index (χ0n) is 21.1. The van der Waals surface area contributed by atoms with Gasteiger partial charge in [-0.25, -0.2) is 4.79 Å². The van der Waals surface area contributed by atoms with E-state index in [2.05, 4.69) is 0 Å². The summed E-state index contributed by atoms with van der Waals surface area (Å²) in [5.74, 6) is -6.36. The molecular formula is C28H30O9. The molecule has 9 heteroatoms. The lowest BCUT2D eigenvalue weighted by atomic mass is 9.46. The van der Waals surface area contributed by atoms with Gasteiger partial charge < -0.3 is 24.1 Å². The molecule has 9 nitrogen and oxygen atoms in total. The van der Waals surface area contributed by atoms with Crippen LogP contribution in [-0.4, -0.2) is 63.9 Å². The van der Waals surface area contributed by atoms with Crippen LogP contribution in [0.1, 0.15) is 52.9 Å². The molecular weight excluding hydrogens is 480 g/mol. The fraction of sp³-hybridized carbons (Fsp3) is 0.714. The van der Waals surface area contributed by atoms with Crippen LogP contribution in [0.4, 0.5) is 0 Å². The highest BCUT2D eigenvalue weighted by molar-refractivity contribution is 6.01. The van der Waals surface area contributed by atoms with Gasteiger partial charge in [-0.1, -0.05) is 24.6 Å². The maximum absolute atomic E-state index is 14.8. The summed E-state index contributed by atoms with van der Waals surface area (Å²) in [5, 5.41) is 12.4. The van der Waals surface area contributed by atoms with Gasteiger partial charge in [0.1, 0.15) is 6.10 Å². The molecule has 196 valence electrons. The van der Waals surface area contributed by atoms with Crippen molar-refractivity contribution in [2.24, 2.45) is 34.5 Å². The lowest BCUT2D eigenvalue weighted by Gasteiger charge is -2.63. The number of aliphatic hydroxyl groups is 1. The fourth-order valence-electron chi connectivity index (χ4n) is 10.0. The molecule has 5 aliphatic heterocycles. The predicted octanol–water partition coefficient (Wildman–Crippen LogP) is 1.56. The van der Waals surface area contributed by atoms with Crippen LogP contribution in [0.3, 0.4) is 0 Å². The standard InChI is InChI=1S/C28H30O9/c1-23-11-18-25(3)28-19(23)20(30)27(37-28,34-12-16(23)21(31)35-18)15-8-7-13-5-4-6-17(29)24(13,2)14(15)9-10-26(28,33)22(32)36-25/h4,6-7,14-16,18-19,33H,5,8-12H2,1-3H3/t14-,15+,16-,18+,19-,23-,24-,25-,26+,27+,28-/m0/s1. The van der Waals surface area contributed by atoms with Crippen molar-refractivity contribution >= 4 is 23.5 Å². The first kappa shape index (κ1) is 22.6. The van der Waals surface area contributed by atoms with Crippen LogP contribution in [-0.2, 0) is 38.1 Å². The quantitative estimate of drug-likeness (QED) is 0.382. The van der Waals surface area contributed by atoms with Crippen molar-refractivity contribution in [3.63, 3.8) is 0 Å². The Hall–Kier alpha value is -2.36. The minimum absolute atomic E-state index is 0.0380. The van der Waals surface area contributed by atoms with Gasteiger partial charge >= 0.3 is 11.9 Å². The van der Waals surface area contributed by atoms with E-state index >= 15 is 0 Å². The highest BCUT2D eigenvalue weighted by atomic mass is 16.8. The number of allylic oxidation sites excluding steroid dienone is 4. The Labute approximate surface area is 213 Å². The molecule has 0 aromatic carbocycles. The van der Waals surface area contributed by atoms with Crippen LogP contribution in [0.2, 0.25) is 0 Å². The third kappa shape index (κ3) is 1.97. The number of ether oxygens (including phenoxy) is 4. The first-order valence-electron chi connectivity index (χ1n) is 13.4. The number of Topliss-reactive ketones (excluding diaryl/α,β-unsaturated/α-hetero) is 1. The lowest BCUT2D eigenvalue weighted by Crippen LogP contribution is -2.79. The molecule has 0 unspecified atom stereocenters. The molecule has 5 heterocycles. The number of fused-ring (bicyclic) bond motifs is 5. The van der Waals surface area contributed by atoms with Crippen LogP contribution in [0, 0.1) is 34.5 Å². The topological polar surface area (TPSA) is 125 Å². The second-order valence-corrected chi connectivity index (χ2v) is 13.0. The Morgan fingerprint density at radius 1 is 1.08 bits per heavy atom. The van der Waals surface area contributed by atoms with Crippen molar-refractivity contribution in [2.75, 3.05) is 6.61 Å². The van der Waals surface area contributed by atoms with E-state index in [4.69, 9.17) is 18.9 Å². The Morgan fingerprint density at radius 2 is 1.86 bits per heavy atom. The van der Waals surface area contributed by atoms with Gasteiger partial charge in [0, 0.05) is 5.92 Å². The molecule has 0 aromatic heterocycles. The molecule has 0 aromatic rings. The summed E-state index contributed by atoms with van der Waals surface area (Å²) in [6.07, 6.45) is 6.24. The van der Waals surface area contributed by atoms with Crippen molar-refractivity contribution in [3.8, 4) is 0 Å². The van der Waals surface area contributed by atoms with E-state index in [1.165, 1.54) is 0 Å². The van der Waals surface area contributed by atoms with Crippen LogP contribution in [0.15, 0.2) is 23.8 Å². The van der Waals surface area contributed by atoms with Crippen LogP contribution in [0.25, 0.3) is 0 Å². The van der Waals surface area contributed by atoms with Gasteiger partial charge in [-0.15, -0.1) is 0 Å². The maximum Gasteiger partial charge on any atom is 0.342 e. The van der Waals surface area contributed by atoms with Gasteiger partial charge in [0.05, 0.1) is 23.9 Å². The first-order valence-corrected chi connectivity index (χ1v) is 13.4. The number of hydrogen-bond donors (Lipinski definition) is 1. The van der Waals surface area contributed by atoms with Crippen molar-refractivity contribution in [1.29, 1.82) is 0 Å². The number of carbonyl (C=O) groups is 4. The summed E-state index contributed by atoms with van der Waals surface area (Å²) >= 11 is 0. The van der Waals surface area contributed by atoms with Crippen LogP contribution >= 0.6 is 0 Å². The Morgan fingerprint density at radius 3 is 2.65 bits per heavy atom. The summed E-state index contributed by atoms with van der Waals surface area (Å²) < 4.78 is 25.1. The molecule has 5 bridgehead atoms. The summed E-state index contributed by atoms with van der Waals surface area (Å²) in [7, 11) is 0. The van der Waals surface area contributed by atoms with Gasteiger partial charge in [0.25, 0.3) is 0 Å². The van der Waals surface area contributed by atoms with Gasteiger partial charge in [-0.05, 0) is 63.4 Å². The molecule has 8 rings (SSSR count). The average Bonchev–Trinajstić information content (AvgIpc) is 3.16. The molecule has 37 heavy (non-hydrogen) atoms. The minimum atomic E-state index is -2.17. The summed E-state index contributed by atoms with van der Waals surface area (Å²) in [6, 6.07) is 0. The predicted molar refractivity (Wildman–Crippen MR) is 122 cm³/mol. The summed E-state index contributed by atoms with van der Waals surface area (Å²) in [4.78, 5) is 55.2. The van der Waals surface area contributed by atoms with Gasteiger partial charge in [0.2, 0.25) is 5.79 Å². The third-order valence-corrected chi connectivity index (χ3v) is 12.0. The SMILES string of the molecule is C[C@]12C(=O)C=CCC1=CC[C@@H]1[C@@H]2CC[C@@]2(O)C(=O)O[C@@]3(C)[C@H]4C[C@@]5(C)[C@@H](CO[C@@]16O[C@]23[C@H]5C6=O)C(=O)O4. The van der Waals surface area contributed by atoms with E-state index in [0.29, 0.717) is 25.7 Å². The molecule has 1 saturated carbocycles. The summed E-state index contributed by atoms with van der Waals surface area (Å²) in [6.45, 7) is 5.29. The Kier molecular flexibility index (Phi) is 3.73. The smallest absolute Gasteiger partial charge is 0.342 e. The Balaban J connectivity index is 1.43. The van der Waals surface area contributed by atoms with Crippen molar-refractivity contribution < 1.29 is 43.2 Å². The average molecular weight is 511 g/mol. The molecule has 6 fully saturated rings. The van der Waals surface area contributed by atoms with E-state index < -0.39 is 75.1 Å². The van der Waals surface area contributed by atoms with Crippen LogP contribution in [0.5, 0.6) is 0 Å². The van der Waals surface area contributed by atoms with E-state index in [0.717, 1.165) is 5.57 Å². The van der Waals surface area contributed by atoms with E-state index in [1.54, 1.807) is 13.0 Å². The van der Waals surface area contributed by atoms with Crippen LogP contribution < -0.4 is 0 Å². The number of ketones is 2. The van der Waals surface area contributed by atoms with E-state index in [-0.39, 0.29) is 24.6 Å². The largest absolute Gasteiger partial charge is 0.458 e. The molecule has 3 aliphatic carbocycles. The zero-order chi connectivity index (χ0) is 26.0. The molecule has 2 spiro atoms. The number of rotatable bonds is 0. The second-order valence-electron chi connectivity index (χ2n) is 13.0. The van der Waals surface area contributed by atoms with Gasteiger partial charge in [-0.3, -0.25) is 14.4 Å². The van der Waals surface area contributed by atoms with Crippen molar-refractivity contribution in [1.82, 2.24) is 0 Å². The van der Waals surface area contributed by atoms with E-state index in [1.807, 2.05) is 26.0 Å². The van der Waals surface area contributed by atoms with Gasteiger partial charge in [-0.2, -0.15) is 0 Å². The number of carbonyl (C=O) groups excluding carboxylic acids is 4. The normalized spacial score (nSPS) is 58.5. The number of hydrogen-bond acceptors (Lipinski definition) is 9. The first-order chi connectivity index (χ1) is 17.4. The molecule has 11 atom stereocenters. The molecule has 1 N–H and O–H groups in total. The molecule has 0 radical (unpaired) electrons. The second kappa shape index (κ2) is 6.10. The highest BCUT2D eigenvalue weighted by Crippen LogP contribution is 2.75. The lowest BCUT2D eigenvalue weighted by molar-refractivity contribution is -0.374. The van der Waals surface area contributed by atoms with E-state index in [9.17, 15) is 24.3 Å². The molecule has 5 saturated heterocycles. The van der Waals surface area contributed by atoms with Crippen molar-refractivity contribution in [3.05, 3.63) is 23.8 Å². The minimum Gasteiger partial charge on any atom is -0.458 e. The maximum atomic E-state index is 14.8. The monoisotopic (exact) mass is 510 g/mol. The molecule has 8 aliphatic rings. The Bertz CT molecular complexity index is 1300. The summed E-state index contributed by atoms with van der Waals surface area (Å²) in [5.41, 5.74) is -6.43. The van der Waals surface area contributed by atoms with Gasteiger partial charge in [0.15, 0.2) is 28.4 Å². The molecule has 0 amide bonds. The fourth-order valence-corrected chi connectivity index (χ4v) is 10.0. The van der Waals surface area contributed by atoms with Crippen molar-refractivity contribution in [2.45, 2.75) is 81.6 Å². The highest BCUT2D eigenvalue weighted by Gasteiger charge is 2.93. The third-order valence-electron chi connectivity index (χ3n) is 12.0.